The molecular weight excluding hydrogens is 226 g/mol. The Labute approximate surface area is 102 Å². The van der Waals surface area contributed by atoms with Gasteiger partial charge in [0.25, 0.3) is 0 Å². The van der Waals surface area contributed by atoms with E-state index in [2.05, 4.69) is 11.8 Å². The molecule has 0 aliphatic carbocycles. The number of nitrogens with zero attached hydrogens (tertiary/aromatic N) is 1. The van der Waals surface area contributed by atoms with Crippen LogP contribution in [0, 0.1) is 0 Å². The smallest absolute Gasteiger partial charge is 0.0682 e. The van der Waals surface area contributed by atoms with Gasteiger partial charge < -0.3 is 14.7 Å². The standard InChI is InChI=1S/C12H18ClNO2/c1-3-14(6-7-16-2)12-5-4-10(9-15)8-11(12)13/h4-5,8,15H,3,6-7,9H2,1-2H3. The van der Waals surface area contributed by atoms with Crippen molar-refractivity contribution in [3.8, 4) is 0 Å². The zero-order valence-corrected chi connectivity index (χ0v) is 10.5. The van der Waals surface area contributed by atoms with Gasteiger partial charge in [-0.05, 0) is 24.6 Å². The highest BCUT2D eigenvalue weighted by atomic mass is 35.5. The maximum atomic E-state index is 9.00. The summed E-state index contributed by atoms with van der Waals surface area (Å²) in [5.41, 5.74) is 1.81. The third-order valence-corrected chi connectivity index (χ3v) is 2.79. The van der Waals surface area contributed by atoms with Crippen LogP contribution < -0.4 is 4.90 Å². The first-order valence-electron chi connectivity index (χ1n) is 5.36. The monoisotopic (exact) mass is 243 g/mol. The van der Waals surface area contributed by atoms with E-state index < -0.39 is 0 Å². The van der Waals surface area contributed by atoms with Gasteiger partial charge in [-0.1, -0.05) is 17.7 Å². The lowest BCUT2D eigenvalue weighted by Crippen LogP contribution is -2.27. The minimum Gasteiger partial charge on any atom is -0.392 e. The first-order chi connectivity index (χ1) is 7.72. The Morgan fingerprint density at radius 2 is 2.19 bits per heavy atom. The Hall–Kier alpha value is -0.770. The summed E-state index contributed by atoms with van der Waals surface area (Å²) < 4.78 is 5.06. The molecule has 3 nitrogen and oxygen atoms in total. The van der Waals surface area contributed by atoms with E-state index in [0.717, 1.165) is 24.3 Å². The molecule has 90 valence electrons. The fraction of sp³-hybridized carbons (Fsp3) is 0.500. The van der Waals surface area contributed by atoms with Gasteiger partial charge in [0, 0.05) is 20.2 Å². The first kappa shape index (κ1) is 13.3. The van der Waals surface area contributed by atoms with Crippen LogP contribution in [0.15, 0.2) is 18.2 Å². The minimum absolute atomic E-state index is 0.0181. The molecule has 0 aromatic heterocycles. The molecular formula is C12H18ClNO2. The Kier molecular flexibility index (Phi) is 5.60. The number of halogens is 1. The molecule has 1 rings (SSSR count). The average molecular weight is 244 g/mol. The molecule has 16 heavy (non-hydrogen) atoms. The van der Waals surface area contributed by atoms with Gasteiger partial charge in [0.05, 0.1) is 23.9 Å². The maximum Gasteiger partial charge on any atom is 0.0682 e. The van der Waals surface area contributed by atoms with Gasteiger partial charge in [0.1, 0.15) is 0 Å². The number of aliphatic hydroxyl groups is 1. The quantitative estimate of drug-likeness (QED) is 0.832. The summed E-state index contributed by atoms with van der Waals surface area (Å²) >= 11 is 6.17. The predicted octanol–water partition coefficient (Wildman–Crippen LogP) is 2.31. The highest BCUT2D eigenvalue weighted by Crippen LogP contribution is 2.26. The molecule has 0 radical (unpaired) electrons. The highest BCUT2D eigenvalue weighted by Gasteiger charge is 2.08. The SMILES string of the molecule is CCN(CCOC)c1ccc(CO)cc1Cl. The van der Waals surface area contributed by atoms with E-state index in [1.807, 2.05) is 12.1 Å². The molecule has 0 heterocycles. The number of ether oxygens (including phenoxy) is 1. The van der Waals surface area contributed by atoms with Crippen molar-refractivity contribution in [3.05, 3.63) is 28.8 Å². The molecule has 1 N–H and O–H groups in total. The van der Waals surface area contributed by atoms with Crippen molar-refractivity contribution < 1.29 is 9.84 Å². The highest BCUT2D eigenvalue weighted by molar-refractivity contribution is 6.33. The number of hydrogen-bond acceptors (Lipinski definition) is 3. The topological polar surface area (TPSA) is 32.7 Å². The van der Waals surface area contributed by atoms with Gasteiger partial charge in [-0.3, -0.25) is 0 Å². The van der Waals surface area contributed by atoms with E-state index in [1.54, 1.807) is 13.2 Å². The van der Waals surface area contributed by atoms with Crippen LogP contribution >= 0.6 is 11.6 Å². The third kappa shape index (κ3) is 3.37. The second-order valence-corrected chi connectivity index (χ2v) is 3.92. The fourth-order valence-corrected chi connectivity index (χ4v) is 1.88. The van der Waals surface area contributed by atoms with Crippen molar-refractivity contribution in [2.45, 2.75) is 13.5 Å². The molecule has 0 aliphatic rings. The summed E-state index contributed by atoms with van der Waals surface area (Å²) in [6, 6.07) is 5.62. The second kappa shape index (κ2) is 6.74. The minimum atomic E-state index is 0.0181. The average Bonchev–Trinajstić information content (AvgIpc) is 2.31. The van der Waals surface area contributed by atoms with Gasteiger partial charge in [-0.2, -0.15) is 0 Å². The molecule has 0 spiro atoms. The molecule has 1 aromatic rings. The Balaban J connectivity index is 2.83. The number of hydrogen-bond donors (Lipinski definition) is 1. The van der Waals surface area contributed by atoms with E-state index in [4.69, 9.17) is 21.4 Å². The molecule has 0 unspecified atom stereocenters. The number of benzene rings is 1. The van der Waals surface area contributed by atoms with Crippen LogP contribution in [0.5, 0.6) is 0 Å². The Morgan fingerprint density at radius 1 is 1.44 bits per heavy atom. The zero-order valence-electron chi connectivity index (χ0n) is 9.74. The second-order valence-electron chi connectivity index (χ2n) is 3.52. The summed E-state index contributed by atoms with van der Waals surface area (Å²) in [6.07, 6.45) is 0. The van der Waals surface area contributed by atoms with E-state index in [0.29, 0.717) is 11.6 Å². The Bertz CT molecular complexity index is 331. The number of likely N-dealkylation sites (N-methyl/N-ethyl adjacent to an activating group) is 1. The summed E-state index contributed by atoms with van der Waals surface area (Å²) in [5, 5.41) is 9.67. The fourth-order valence-electron chi connectivity index (χ4n) is 1.56. The van der Waals surface area contributed by atoms with E-state index in [9.17, 15) is 0 Å². The summed E-state index contributed by atoms with van der Waals surface area (Å²) in [6.45, 7) is 4.45. The third-order valence-electron chi connectivity index (χ3n) is 2.48. The van der Waals surface area contributed by atoms with Gasteiger partial charge in [-0.15, -0.1) is 0 Å². The van der Waals surface area contributed by atoms with Crippen LogP contribution in [0.25, 0.3) is 0 Å². The summed E-state index contributed by atoms with van der Waals surface area (Å²) in [5.74, 6) is 0. The Morgan fingerprint density at radius 3 is 2.69 bits per heavy atom. The first-order valence-corrected chi connectivity index (χ1v) is 5.73. The van der Waals surface area contributed by atoms with Crippen LogP contribution in [0.3, 0.4) is 0 Å². The molecule has 0 bridgehead atoms. The summed E-state index contributed by atoms with van der Waals surface area (Å²) in [7, 11) is 1.68. The van der Waals surface area contributed by atoms with Crippen molar-refractivity contribution >= 4 is 17.3 Å². The van der Waals surface area contributed by atoms with Crippen LogP contribution in [-0.4, -0.2) is 31.9 Å². The molecule has 1 aromatic carbocycles. The van der Waals surface area contributed by atoms with Gasteiger partial charge >= 0.3 is 0 Å². The molecule has 4 heteroatoms. The lowest BCUT2D eigenvalue weighted by Gasteiger charge is -2.24. The number of anilines is 1. The molecule has 0 fully saturated rings. The maximum absolute atomic E-state index is 9.00. The molecule has 0 amide bonds. The lowest BCUT2D eigenvalue weighted by molar-refractivity contribution is 0.205. The number of methoxy groups -OCH3 is 1. The number of aliphatic hydroxyl groups excluding tert-OH is 1. The van der Waals surface area contributed by atoms with Gasteiger partial charge in [0.2, 0.25) is 0 Å². The van der Waals surface area contributed by atoms with Crippen molar-refractivity contribution in [1.29, 1.82) is 0 Å². The van der Waals surface area contributed by atoms with Gasteiger partial charge in [-0.25, -0.2) is 0 Å². The van der Waals surface area contributed by atoms with E-state index in [-0.39, 0.29) is 6.61 Å². The molecule has 0 saturated heterocycles. The van der Waals surface area contributed by atoms with Crippen molar-refractivity contribution in [2.24, 2.45) is 0 Å². The lowest BCUT2D eigenvalue weighted by atomic mass is 10.2. The van der Waals surface area contributed by atoms with Crippen molar-refractivity contribution in [3.63, 3.8) is 0 Å². The van der Waals surface area contributed by atoms with Crippen LogP contribution in [0.1, 0.15) is 12.5 Å². The van der Waals surface area contributed by atoms with Crippen molar-refractivity contribution in [1.82, 2.24) is 0 Å². The van der Waals surface area contributed by atoms with Crippen LogP contribution in [0.4, 0.5) is 5.69 Å². The zero-order chi connectivity index (χ0) is 12.0. The molecule has 0 aliphatic heterocycles. The largest absolute Gasteiger partial charge is 0.392 e. The predicted molar refractivity (Wildman–Crippen MR) is 67.1 cm³/mol. The van der Waals surface area contributed by atoms with E-state index >= 15 is 0 Å². The van der Waals surface area contributed by atoms with Crippen LogP contribution in [0.2, 0.25) is 5.02 Å². The van der Waals surface area contributed by atoms with Gasteiger partial charge in [0.15, 0.2) is 0 Å². The van der Waals surface area contributed by atoms with Crippen molar-refractivity contribution in [2.75, 3.05) is 31.7 Å². The van der Waals surface area contributed by atoms with E-state index in [1.165, 1.54) is 0 Å². The normalized spacial score (nSPS) is 10.5. The summed E-state index contributed by atoms with van der Waals surface area (Å²) in [4.78, 5) is 2.15. The molecule has 0 saturated carbocycles. The number of rotatable bonds is 6. The van der Waals surface area contributed by atoms with Crippen LogP contribution in [-0.2, 0) is 11.3 Å². The molecule has 0 atom stereocenters.